The molecule has 0 aliphatic carbocycles. The number of halogens is 2. The molecule has 0 radical (unpaired) electrons. The number of nitrogens with zero attached hydrogens (tertiary/aromatic N) is 4. The maximum absolute atomic E-state index is 12.3. The van der Waals surface area contributed by atoms with E-state index in [-0.39, 0.29) is 17.7 Å². The number of nitrogens with one attached hydrogen (secondary N) is 1. The highest BCUT2D eigenvalue weighted by Crippen LogP contribution is 2.24. The Bertz CT molecular complexity index is 687. The molecule has 2 fully saturated rings. The number of alkyl halides is 2. The molecule has 9 heteroatoms. The molecule has 146 valence electrons. The third-order valence-corrected chi connectivity index (χ3v) is 5.16. The predicted octanol–water partition coefficient (Wildman–Crippen LogP) is 1.26. The molecule has 1 atom stereocenters. The minimum atomic E-state index is -2.82. The number of hydrogen-bond donors (Lipinski definition) is 1. The quantitative estimate of drug-likeness (QED) is 0.832. The van der Waals surface area contributed by atoms with E-state index < -0.39 is 6.61 Å². The van der Waals surface area contributed by atoms with Crippen LogP contribution in [0.5, 0.6) is 5.75 Å². The maximum atomic E-state index is 12.3. The minimum absolute atomic E-state index is 0.00995. The molecule has 1 N–H and O–H groups in total. The Hall–Kier alpha value is -2.39. The number of rotatable bonds is 5. The predicted molar refractivity (Wildman–Crippen MR) is 96.0 cm³/mol. The fraction of sp³-hybridized carbons (Fsp3) is 0.500. The summed E-state index contributed by atoms with van der Waals surface area (Å²) in [5.41, 5.74) is 0.903. The highest BCUT2D eigenvalue weighted by atomic mass is 19.3. The van der Waals surface area contributed by atoms with E-state index >= 15 is 0 Å². The summed E-state index contributed by atoms with van der Waals surface area (Å²) in [6.45, 7) is 1.79. The molecule has 0 bridgehead atoms. The summed E-state index contributed by atoms with van der Waals surface area (Å²) in [7, 11) is 0. The zero-order valence-corrected chi connectivity index (χ0v) is 14.9. The SMILES string of the molecule is O=C([C@@H]1CCN1)N1CCN(N2C=CN(c3ccc(OC(F)F)cc3)C2)CC1. The van der Waals surface area contributed by atoms with Crippen molar-refractivity contribution in [2.24, 2.45) is 0 Å². The third-order valence-electron chi connectivity index (χ3n) is 5.16. The molecule has 0 saturated carbocycles. The Morgan fingerprint density at radius 1 is 1.11 bits per heavy atom. The van der Waals surface area contributed by atoms with E-state index in [2.05, 4.69) is 20.1 Å². The van der Waals surface area contributed by atoms with Gasteiger partial charge in [0.1, 0.15) is 12.4 Å². The van der Waals surface area contributed by atoms with Gasteiger partial charge in [0.25, 0.3) is 0 Å². The molecule has 3 aliphatic heterocycles. The highest BCUT2D eigenvalue weighted by molar-refractivity contribution is 5.82. The fourth-order valence-corrected chi connectivity index (χ4v) is 3.47. The van der Waals surface area contributed by atoms with Gasteiger partial charge in [0.15, 0.2) is 0 Å². The van der Waals surface area contributed by atoms with Gasteiger partial charge < -0.3 is 19.9 Å². The summed E-state index contributed by atoms with van der Waals surface area (Å²) < 4.78 is 28.9. The Labute approximate surface area is 156 Å². The van der Waals surface area contributed by atoms with Crippen LogP contribution in [0.3, 0.4) is 0 Å². The second-order valence-electron chi connectivity index (χ2n) is 6.80. The molecule has 27 heavy (non-hydrogen) atoms. The number of piperazine rings is 1. The second kappa shape index (κ2) is 7.69. The molecular weight excluding hydrogens is 356 g/mol. The Kier molecular flexibility index (Phi) is 5.13. The largest absolute Gasteiger partial charge is 0.435 e. The van der Waals surface area contributed by atoms with Crippen LogP contribution < -0.4 is 15.0 Å². The van der Waals surface area contributed by atoms with Crippen molar-refractivity contribution in [1.82, 2.24) is 20.2 Å². The van der Waals surface area contributed by atoms with E-state index in [9.17, 15) is 13.6 Å². The van der Waals surface area contributed by atoms with E-state index in [0.29, 0.717) is 6.67 Å². The van der Waals surface area contributed by atoms with E-state index in [0.717, 1.165) is 44.8 Å². The number of hydrazine groups is 1. The third kappa shape index (κ3) is 3.98. The molecule has 1 amide bonds. The maximum Gasteiger partial charge on any atom is 0.387 e. The molecule has 1 aromatic rings. The first kappa shape index (κ1) is 18.0. The fourth-order valence-electron chi connectivity index (χ4n) is 3.47. The van der Waals surface area contributed by atoms with Crippen LogP contribution in [0.4, 0.5) is 14.5 Å². The van der Waals surface area contributed by atoms with Gasteiger partial charge in [0.05, 0.1) is 6.04 Å². The van der Waals surface area contributed by atoms with E-state index in [1.54, 1.807) is 12.1 Å². The van der Waals surface area contributed by atoms with E-state index in [1.165, 1.54) is 12.1 Å². The zero-order chi connectivity index (χ0) is 18.8. The van der Waals surface area contributed by atoms with Gasteiger partial charge in [-0.2, -0.15) is 8.78 Å². The Morgan fingerprint density at radius 2 is 1.81 bits per heavy atom. The highest BCUT2D eigenvalue weighted by Gasteiger charge is 2.32. The lowest BCUT2D eigenvalue weighted by Gasteiger charge is -2.41. The van der Waals surface area contributed by atoms with Gasteiger partial charge in [-0.15, -0.1) is 0 Å². The van der Waals surface area contributed by atoms with Crippen LogP contribution in [-0.2, 0) is 4.79 Å². The molecule has 2 saturated heterocycles. The summed E-state index contributed by atoms with van der Waals surface area (Å²) in [4.78, 5) is 16.3. The van der Waals surface area contributed by atoms with Crippen LogP contribution in [0.25, 0.3) is 0 Å². The lowest BCUT2D eigenvalue weighted by Crippen LogP contribution is -2.60. The van der Waals surface area contributed by atoms with Crippen molar-refractivity contribution in [1.29, 1.82) is 0 Å². The average Bonchev–Trinajstić information content (AvgIpc) is 3.10. The van der Waals surface area contributed by atoms with Gasteiger partial charge in [0, 0.05) is 44.3 Å². The topological polar surface area (TPSA) is 51.3 Å². The van der Waals surface area contributed by atoms with E-state index in [4.69, 9.17) is 0 Å². The van der Waals surface area contributed by atoms with Gasteiger partial charge in [-0.25, -0.2) is 5.01 Å². The number of carbonyl (C=O) groups excluding carboxylic acids is 1. The van der Waals surface area contributed by atoms with Gasteiger partial charge in [0.2, 0.25) is 5.91 Å². The van der Waals surface area contributed by atoms with Gasteiger partial charge in [-0.3, -0.25) is 9.80 Å². The summed E-state index contributed by atoms with van der Waals surface area (Å²) in [5, 5.41) is 7.51. The summed E-state index contributed by atoms with van der Waals surface area (Å²) in [6.07, 6.45) is 4.89. The van der Waals surface area contributed by atoms with Crippen LogP contribution in [0.15, 0.2) is 36.7 Å². The van der Waals surface area contributed by atoms with Crippen molar-refractivity contribution < 1.29 is 18.3 Å². The number of hydrogen-bond acceptors (Lipinski definition) is 6. The first-order valence-corrected chi connectivity index (χ1v) is 9.14. The van der Waals surface area contributed by atoms with Crippen molar-refractivity contribution in [2.45, 2.75) is 19.1 Å². The molecule has 3 heterocycles. The van der Waals surface area contributed by atoms with Crippen molar-refractivity contribution in [2.75, 3.05) is 44.3 Å². The standard InChI is InChI=1S/C18H23F2N5O2/c19-18(20)27-15-3-1-14(2-4-15)23-9-12-25(13-23)24-10-7-22(8-11-24)17(26)16-5-6-21-16/h1-4,9,12,16,18,21H,5-8,10-11,13H2/t16-/m0/s1. The van der Waals surface area contributed by atoms with Gasteiger partial charge in [-0.1, -0.05) is 0 Å². The molecule has 1 aromatic carbocycles. The van der Waals surface area contributed by atoms with Crippen molar-refractivity contribution in [3.05, 3.63) is 36.7 Å². The number of anilines is 1. The lowest BCUT2D eigenvalue weighted by molar-refractivity contribution is -0.139. The van der Waals surface area contributed by atoms with Crippen molar-refractivity contribution >= 4 is 11.6 Å². The van der Waals surface area contributed by atoms with E-state index in [1.807, 2.05) is 22.2 Å². The van der Waals surface area contributed by atoms with Crippen LogP contribution in [0.2, 0.25) is 0 Å². The normalized spacial score (nSPS) is 23.1. The van der Waals surface area contributed by atoms with Crippen molar-refractivity contribution in [3.8, 4) is 5.75 Å². The zero-order valence-electron chi connectivity index (χ0n) is 14.9. The Morgan fingerprint density at radius 3 is 2.41 bits per heavy atom. The number of benzene rings is 1. The monoisotopic (exact) mass is 379 g/mol. The molecule has 4 rings (SSSR count). The number of carbonyl (C=O) groups is 1. The van der Waals surface area contributed by atoms with Crippen molar-refractivity contribution in [3.63, 3.8) is 0 Å². The number of amides is 1. The molecule has 0 aromatic heterocycles. The summed E-state index contributed by atoms with van der Waals surface area (Å²) >= 11 is 0. The van der Waals surface area contributed by atoms with Crippen LogP contribution >= 0.6 is 0 Å². The van der Waals surface area contributed by atoms with Gasteiger partial charge >= 0.3 is 6.61 Å². The summed E-state index contributed by atoms with van der Waals surface area (Å²) in [6, 6.07) is 6.60. The number of ether oxygens (including phenoxy) is 1. The average molecular weight is 379 g/mol. The summed E-state index contributed by atoms with van der Waals surface area (Å²) in [5.74, 6) is 0.362. The minimum Gasteiger partial charge on any atom is -0.435 e. The lowest BCUT2D eigenvalue weighted by atomic mass is 10.1. The second-order valence-corrected chi connectivity index (χ2v) is 6.80. The first-order chi connectivity index (χ1) is 13.1. The van der Waals surface area contributed by atoms with Crippen LogP contribution in [-0.4, -0.2) is 72.9 Å². The Balaban J connectivity index is 1.27. The van der Waals surface area contributed by atoms with Gasteiger partial charge in [-0.05, 0) is 37.2 Å². The smallest absolute Gasteiger partial charge is 0.387 e. The first-order valence-electron chi connectivity index (χ1n) is 9.14. The molecule has 3 aliphatic rings. The molecule has 0 spiro atoms. The van der Waals surface area contributed by atoms with Crippen LogP contribution in [0.1, 0.15) is 6.42 Å². The molecular formula is C18H23F2N5O2. The molecule has 0 unspecified atom stereocenters. The van der Waals surface area contributed by atoms with Crippen LogP contribution in [0, 0.1) is 0 Å². The molecule has 7 nitrogen and oxygen atoms in total.